The molecule has 0 fully saturated rings. The average Bonchev–Trinajstić information content (AvgIpc) is 3.10. The lowest BCUT2D eigenvalue weighted by Gasteiger charge is -2.15. The molecule has 2 aromatic heterocycles. The summed E-state index contributed by atoms with van der Waals surface area (Å²) in [6.45, 7) is 7.21. The standard InChI is InChI=1S/C17H21N3O/c1-12(2)20-11-18-9-15(20)10-19-13(3)17-8-14-6-4-5-7-16(14)21-17/h4-9,11-13,19H,10H2,1-3H3. The SMILES string of the molecule is CC(NCc1cncn1C(C)C)c1cc2ccccc2o1. The van der Waals surface area contributed by atoms with Gasteiger partial charge in [-0.25, -0.2) is 4.98 Å². The Morgan fingerprint density at radius 1 is 1.24 bits per heavy atom. The van der Waals surface area contributed by atoms with Gasteiger partial charge in [-0.2, -0.15) is 0 Å². The number of aromatic nitrogens is 2. The van der Waals surface area contributed by atoms with E-state index in [2.05, 4.69) is 47.8 Å². The Bertz CT molecular complexity index is 693. The van der Waals surface area contributed by atoms with Crippen LogP contribution in [0.1, 0.15) is 44.3 Å². The third kappa shape index (κ3) is 2.85. The number of nitrogens with zero attached hydrogens (tertiary/aromatic N) is 2. The largest absolute Gasteiger partial charge is 0.459 e. The molecule has 21 heavy (non-hydrogen) atoms. The Labute approximate surface area is 124 Å². The molecule has 3 rings (SSSR count). The zero-order valence-electron chi connectivity index (χ0n) is 12.7. The first-order valence-corrected chi connectivity index (χ1v) is 7.37. The van der Waals surface area contributed by atoms with E-state index in [1.807, 2.05) is 30.7 Å². The zero-order valence-corrected chi connectivity index (χ0v) is 12.7. The quantitative estimate of drug-likeness (QED) is 0.768. The molecule has 4 heteroatoms. The number of hydrogen-bond acceptors (Lipinski definition) is 3. The maximum Gasteiger partial charge on any atom is 0.134 e. The molecule has 0 saturated heterocycles. The molecule has 0 spiro atoms. The lowest BCUT2D eigenvalue weighted by molar-refractivity contribution is 0.441. The molecule has 4 nitrogen and oxygen atoms in total. The van der Waals surface area contributed by atoms with E-state index in [9.17, 15) is 0 Å². The van der Waals surface area contributed by atoms with Gasteiger partial charge in [-0.1, -0.05) is 18.2 Å². The van der Waals surface area contributed by atoms with Gasteiger partial charge < -0.3 is 14.3 Å². The highest BCUT2D eigenvalue weighted by Gasteiger charge is 2.12. The van der Waals surface area contributed by atoms with Crippen molar-refractivity contribution in [1.82, 2.24) is 14.9 Å². The summed E-state index contributed by atoms with van der Waals surface area (Å²) in [5.74, 6) is 0.965. The van der Waals surface area contributed by atoms with Crippen LogP contribution < -0.4 is 5.32 Å². The second-order valence-electron chi connectivity index (χ2n) is 5.68. The van der Waals surface area contributed by atoms with Gasteiger partial charge in [0.15, 0.2) is 0 Å². The minimum absolute atomic E-state index is 0.160. The summed E-state index contributed by atoms with van der Waals surface area (Å²) in [7, 11) is 0. The molecule has 1 aromatic carbocycles. The normalized spacial score (nSPS) is 13.1. The Morgan fingerprint density at radius 3 is 2.81 bits per heavy atom. The van der Waals surface area contributed by atoms with Crippen LogP contribution in [0, 0.1) is 0 Å². The average molecular weight is 283 g/mol. The molecule has 0 aliphatic carbocycles. The number of para-hydroxylation sites is 1. The summed E-state index contributed by atoms with van der Waals surface area (Å²) in [6, 6.07) is 10.8. The molecule has 0 amide bonds. The summed E-state index contributed by atoms with van der Waals surface area (Å²) in [6.07, 6.45) is 3.80. The first-order chi connectivity index (χ1) is 10.1. The Kier molecular flexibility index (Phi) is 3.80. The van der Waals surface area contributed by atoms with Crippen molar-refractivity contribution in [2.24, 2.45) is 0 Å². The van der Waals surface area contributed by atoms with Gasteiger partial charge in [0.2, 0.25) is 0 Å². The van der Waals surface area contributed by atoms with Gasteiger partial charge in [0.05, 0.1) is 18.1 Å². The predicted molar refractivity (Wildman–Crippen MR) is 84.1 cm³/mol. The van der Waals surface area contributed by atoms with Crippen LogP contribution in [0.2, 0.25) is 0 Å². The van der Waals surface area contributed by atoms with Crippen molar-refractivity contribution in [2.45, 2.75) is 39.4 Å². The van der Waals surface area contributed by atoms with E-state index < -0.39 is 0 Å². The van der Waals surface area contributed by atoms with Gasteiger partial charge in [-0.15, -0.1) is 0 Å². The van der Waals surface area contributed by atoms with Crippen molar-refractivity contribution in [3.63, 3.8) is 0 Å². The van der Waals surface area contributed by atoms with E-state index in [4.69, 9.17) is 4.42 Å². The number of nitrogens with one attached hydrogen (secondary N) is 1. The molecule has 3 aromatic rings. The first-order valence-electron chi connectivity index (χ1n) is 7.37. The molecule has 110 valence electrons. The highest BCUT2D eigenvalue weighted by Crippen LogP contribution is 2.23. The van der Waals surface area contributed by atoms with Gasteiger partial charge in [0, 0.05) is 24.2 Å². The zero-order chi connectivity index (χ0) is 14.8. The van der Waals surface area contributed by atoms with Gasteiger partial charge in [-0.3, -0.25) is 0 Å². The molecule has 1 atom stereocenters. The number of furan rings is 1. The van der Waals surface area contributed by atoms with Crippen LogP contribution >= 0.6 is 0 Å². The first kappa shape index (κ1) is 13.9. The highest BCUT2D eigenvalue weighted by molar-refractivity contribution is 5.77. The van der Waals surface area contributed by atoms with Gasteiger partial charge in [0.1, 0.15) is 11.3 Å². The Balaban J connectivity index is 1.71. The van der Waals surface area contributed by atoms with E-state index in [1.165, 1.54) is 5.69 Å². The molecule has 0 radical (unpaired) electrons. The topological polar surface area (TPSA) is 43.0 Å². The predicted octanol–water partition coefficient (Wildman–Crippen LogP) is 4.06. The number of fused-ring (bicyclic) bond motifs is 1. The number of benzene rings is 1. The van der Waals surface area contributed by atoms with Crippen LogP contribution in [0.5, 0.6) is 0 Å². The molecule has 0 bridgehead atoms. The highest BCUT2D eigenvalue weighted by atomic mass is 16.3. The van der Waals surface area contributed by atoms with Gasteiger partial charge in [0.25, 0.3) is 0 Å². The molecule has 0 saturated carbocycles. The second kappa shape index (κ2) is 5.74. The van der Waals surface area contributed by atoms with Crippen molar-refractivity contribution in [3.05, 3.63) is 54.3 Å². The van der Waals surface area contributed by atoms with E-state index >= 15 is 0 Å². The molecule has 0 aliphatic rings. The fourth-order valence-corrected chi connectivity index (χ4v) is 2.51. The van der Waals surface area contributed by atoms with Crippen molar-refractivity contribution in [1.29, 1.82) is 0 Å². The number of hydrogen-bond donors (Lipinski definition) is 1. The fraction of sp³-hybridized carbons (Fsp3) is 0.353. The lowest BCUT2D eigenvalue weighted by Crippen LogP contribution is -2.20. The smallest absolute Gasteiger partial charge is 0.134 e. The summed E-state index contributed by atoms with van der Waals surface area (Å²) in [4.78, 5) is 4.23. The summed E-state index contributed by atoms with van der Waals surface area (Å²) < 4.78 is 8.07. The minimum atomic E-state index is 0.160. The maximum absolute atomic E-state index is 5.89. The van der Waals surface area contributed by atoms with Crippen LogP contribution in [0.4, 0.5) is 0 Å². The minimum Gasteiger partial charge on any atom is -0.459 e. The lowest BCUT2D eigenvalue weighted by atomic mass is 10.2. The Hall–Kier alpha value is -2.07. The molecule has 1 unspecified atom stereocenters. The number of rotatable bonds is 5. The van der Waals surface area contributed by atoms with E-state index in [1.54, 1.807) is 0 Å². The summed E-state index contributed by atoms with van der Waals surface area (Å²) >= 11 is 0. The van der Waals surface area contributed by atoms with Gasteiger partial charge >= 0.3 is 0 Å². The van der Waals surface area contributed by atoms with Crippen LogP contribution in [-0.2, 0) is 6.54 Å². The summed E-state index contributed by atoms with van der Waals surface area (Å²) in [5.41, 5.74) is 2.13. The van der Waals surface area contributed by atoms with Gasteiger partial charge in [-0.05, 0) is 32.9 Å². The monoisotopic (exact) mass is 283 g/mol. The van der Waals surface area contributed by atoms with E-state index in [-0.39, 0.29) is 6.04 Å². The van der Waals surface area contributed by atoms with Crippen molar-refractivity contribution in [2.75, 3.05) is 0 Å². The third-order valence-electron chi connectivity index (χ3n) is 3.76. The molecule has 0 aliphatic heterocycles. The van der Waals surface area contributed by atoms with Crippen LogP contribution in [0.25, 0.3) is 11.0 Å². The van der Waals surface area contributed by atoms with E-state index in [0.29, 0.717) is 6.04 Å². The maximum atomic E-state index is 5.89. The molecular formula is C17H21N3O. The van der Waals surface area contributed by atoms with E-state index in [0.717, 1.165) is 23.3 Å². The molecule has 1 N–H and O–H groups in total. The molecular weight excluding hydrogens is 262 g/mol. The second-order valence-corrected chi connectivity index (χ2v) is 5.68. The van der Waals surface area contributed by atoms with Crippen LogP contribution in [0.3, 0.4) is 0 Å². The number of imidazole rings is 1. The Morgan fingerprint density at radius 2 is 2.05 bits per heavy atom. The van der Waals surface area contributed by atoms with Crippen molar-refractivity contribution >= 4 is 11.0 Å². The fourth-order valence-electron chi connectivity index (χ4n) is 2.51. The van der Waals surface area contributed by atoms with Crippen LogP contribution in [-0.4, -0.2) is 9.55 Å². The van der Waals surface area contributed by atoms with Crippen molar-refractivity contribution < 1.29 is 4.42 Å². The summed E-state index contributed by atoms with van der Waals surface area (Å²) in [5, 5.41) is 4.65. The van der Waals surface area contributed by atoms with Crippen molar-refractivity contribution in [3.8, 4) is 0 Å². The van der Waals surface area contributed by atoms with Crippen LogP contribution in [0.15, 0.2) is 47.3 Å². The third-order valence-corrected chi connectivity index (χ3v) is 3.76. The molecule has 2 heterocycles.